The molecule has 2 aliphatic carbocycles. The number of anilines is 1. The third kappa shape index (κ3) is 6.06. The van der Waals surface area contributed by atoms with Crippen LogP contribution in [0.15, 0.2) is 49.1 Å². The van der Waals surface area contributed by atoms with Crippen LogP contribution in [0.1, 0.15) is 49.7 Å². The van der Waals surface area contributed by atoms with Crippen molar-refractivity contribution in [2.75, 3.05) is 24.5 Å². The Morgan fingerprint density at radius 3 is 2.48 bits per heavy atom. The van der Waals surface area contributed by atoms with E-state index in [4.69, 9.17) is 16.6 Å². The molecule has 0 spiro atoms. The molecule has 2 N–H and O–H groups in total. The van der Waals surface area contributed by atoms with Crippen molar-refractivity contribution >= 4 is 29.4 Å². The zero-order valence-electron chi connectivity index (χ0n) is 22.5. The van der Waals surface area contributed by atoms with Crippen LogP contribution in [-0.2, 0) is 17.6 Å². The molecule has 1 aromatic carbocycles. The molecule has 1 unspecified atom stereocenters. The SMILES string of the molecule is O=C(CC1CN(C(=O)NC2CCCCC2)CCN1c1cc(Cl)nc(-n2ccnc2)n1)NC1Cc2ccccc2C1. The summed E-state index contributed by atoms with van der Waals surface area (Å²) in [6.45, 7) is 1.47. The highest BCUT2D eigenvalue weighted by Crippen LogP contribution is 2.26. The summed E-state index contributed by atoms with van der Waals surface area (Å²) in [5.74, 6) is 1.00. The lowest BCUT2D eigenvalue weighted by Crippen LogP contribution is -2.59. The van der Waals surface area contributed by atoms with E-state index in [1.807, 2.05) is 17.0 Å². The van der Waals surface area contributed by atoms with Gasteiger partial charge in [-0.1, -0.05) is 55.1 Å². The number of urea groups is 1. The summed E-state index contributed by atoms with van der Waals surface area (Å²) in [7, 11) is 0. The van der Waals surface area contributed by atoms with Gasteiger partial charge in [-0.15, -0.1) is 0 Å². The Balaban J connectivity index is 1.19. The number of benzene rings is 1. The Bertz CT molecular complexity index is 1320. The Labute approximate surface area is 239 Å². The van der Waals surface area contributed by atoms with Gasteiger partial charge in [-0.05, 0) is 36.8 Å². The minimum atomic E-state index is -0.267. The summed E-state index contributed by atoms with van der Waals surface area (Å²) in [5.41, 5.74) is 2.58. The van der Waals surface area contributed by atoms with Crippen LogP contribution in [0.3, 0.4) is 0 Å². The number of carbonyl (C=O) groups excluding carboxylic acids is 2. The third-order valence-electron chi connectivity index (χ3n) is 8.24. The fraction of sp³-hybridized carbons (Fsp3) is 0.483. The van der Waals surface area contributed by atoms with Crippen LogP contribution in [0.4, 0.5) is 10.6 Å². The molecule has 6 rings (SSSR count). The molecule has 2 aromatic heterocycles. The number of rotatable bonds is 6. The van der Waals surface area contributed by atoms with Gasteiger partial charge >= 0.3 is 6.03 Å². The van der Waals surface area contributed by atoms with E-state index in [9.17, 15) is 9.59 Å². The number of imidazole rings is 1. The summed E-state index contributed by atoms with van der Waals surface area (Å²) in [5, 5.41) is 6.78. The number of hydrogen-bond acceptors (Lipinski definition) is 6. The summed E-state index contributed by atoms with van der Waals surface area (Å²) in [6, 6.07) is 10.0. The number of piperazine rings is 1. The lowest BCUT2D eigenvalue weighted by molar-refractivity contribution is -0.122. The Morgan fingerprint density at radius 2 is 1.75 bits per heavy atom. The normalized spacial score (nSPS) is 19.9. The zero-order valence-corrected chi connectivity index (χ0v) is 23.3. The highest BCUT2D eigenvalue weighted by Gasteiger charge is 2.34. The predicted molar refractivity (Wildman–Crippen MR) is 153 cm³/mol. The molecule has 1 aliphatic heterocycles. The average molecular weight is 563 g/mol. The van der Waals surface area contributed by atoms with Crippen LogP contribution in [-0.4, -0.2) is 74.1 Å². The largest absolute Gasteiger partial charge is 0.353 e. The van der Waals surface area contributed by atoms with E-state index >= 15 is 0 Å². The lowest BCUT2D eigenvalue weighted by atomic mass is 9.96. The molecule has 3 aliphatic rings. The van der Waals surface area contributed by atoms with Gasteiger partial charge in [-0.2, -0.15) is 4.98 Å². The minimum Gasteiger partial charge on any atom is -0.353 e. The van der Waals surface area contributed by atoms with E-state index in [-0.39, 0.29) is 36.5 Å². The van der Waals surface area contributed by atoms with Gasteiger partial charge in [0.15, 0.2) is 0 Å². The Kier molecular flexibility index (Phi) is 7.86. The highest BCUT2D eigenvalue weighted by atomic mass is 35.5. The molecular weight excluding hydrogens is 528 g/mol. The molecule has 1 saturated heterocycles. The van der Waals surface area contributed by atoms with Crippen LogP contribution < -0.4 is 15.5 Å². The fourth-order valence-electron chi connectivity index (χ4n) is 6.22. The van der Waals surface area contributed by atoms with E-state index < -0.39 is 0 Å². The van der Waals surface area contributed by atoms with E-state index in [2.05, 4.69) is 37.6 Å². The number of fused-ring (bicyclic) bond motifs is 1. The predicted octanol–water partition coefficient (Wildman–Crippen LogP) is 3.52. The fourth-order valence-corrected chi connectivity index (χ4v) is 6.40. The van der Waals surface area contributed by atoms with Gasteiger partial charge in [0, 0.05) is 56.6 Å². The van der Waals surface area contributed by atoms with Crippen molar-refractivity contribution in [3.05, 3.63) is 65.3 Å². The van der Waals surface area contributed by atoms with E-state index in [1.54, 1.807) is 29.4 Å². The maximum atomic E-state index is 13.4. The first-order valence-electron chi connectivity index (χ1n) is 14.2. The molecule has 3 amide bonds. The van der Waals surface area contributed by atoms with E-state index in [0.29, 0.717) is 36.6 Å². The van der Waals surface area contributed by atoms with Crippen molar-refractivity contribution in [3.63, 3.8) is 0 Å². The van der Waals surface area contributed by atoms with E-state index in [0.717, 1.165) is 38.5 Å². The molecule has 40 heavy (non-hydrogen) atoms. The third-order valence-corrected chi connectivity index (χ3v) is 8.43. The Hall–Kier alpha value is -3.66. The van der Waals surface area contributed by atoms with Gasteiger partial charge in [0.1, 0.15) is 17.3 Å². The summed E-state index contributed by atoms with van der Waals surface area (Å²) >= 11 is 6.42. The van der Waals surface area contributed by atoms with Crippen molar-refractivity contribution in [1.29, 1.82) is 0 Å². The zero-order chi connectivity index (χ0) is 27.5. The highest BCUT2D eigenvalue weighted by molar-refractivity contribution is 6.29. The molecule has 11 heteroatoms. The molecule has 210 valence electrons. The van der Waals surface area contributed by atoms with Gasteiger partial charge in [0.25, 0.3) is 0 Å². The van der Waals surface area contributed by atoms with Crippen molar-refractivity contribution in [1.82, 2.24) is 35.1 Å². The number of hydrogen-bond donors (Lipinski definition) is 2. The molecule has 2 fully saturated rings. The minimum absolute atomic E-state index is 0.0302. The molecule has 3 heterocycles. The number of nitrogens with one attached hydrogen (secondary N) is 2. The maximum Gasteiger partial charge on any atom is 0.317 e. The monoisotopic (exact) mass is 562 g/mol. The summed E-state index contributed by atoms with van der Waals surface area (Å²) in [6.07, 6.45) is 12.5. The maximum absolute atomic E-state index is 13.4. The molecule has 0 radical (unpaired) electrons. The smallest absolute Gasteiger partial charge is 0.317 e. The van der Waals surface area contributed by atoms with Crippen LogP contribution >= 0.6 is 11.6 Å². The number of halogens is 1. The quantitative estimate of drug-likeness (QED) is 0.445. The molecule has 0 bridgehead atoms. The first kappa shape index (κ1) is 26.6. The molecule has 3 aromatic rings. The average Bonchev–Trinajstić information content (AvgIpc) is 3.63. The summed E-state index contributed by atoms with van der Waals surface area (Å²) < 4.78 is 1.70. The van der Waals surface area contributed by atoms with Crippen molar-refractivity contribution < 1.29 is 9.59 Å². The molecule has 10 nitrogen and oxygen atoms in total. The Morgan fingerprint density at radius 1 is 0.975 bits per heavy atom. The van der Waals surface area contributed by atoms with Crippen molar-refractivity contribution in [2.45, 2.75) is 69.5 Å². The molecule has 1 atom stereocenters. The van der Waals surface area contributed by atoms with Crippen LogP contribution in [0.5, 0.6) is 0 Å². The molecule has 1 saturated carbocycles. The van der Waals surface area contributed by atoms with Crippen LogP contribution in [0.2, 0.25) is 5.15 Å². The number of aromatic nitrogens is 4. The number of nitrogens with zero attached hydrogens (tertiary/aromatic N) is 6. The first-order chi connectivity index (χ1) is 19.5. The van der Waals surface area contributed by atoms with Gasteiger partial charge in [0.2, 0.25) is 11.9 Å². The molecular formula is C29H35ClN8O2. The van der Waals surface area contributed by atoms with Crippen molar-refractivity contribution in [3.8, 4) is 5.95 Å². The van der Waals surface area contributed by atoms with Crippen LogP contribution in [0.25, 0.3) is 5.95 Å². The van der Waals surface area contributed by atoms with Gasteiger partial charge in [-0.3, -0.25) is 9.36 Å². The second-order valence-electron chi connectivity index (χ2n) is 11.0. The van der Waals surface area contributed by atoms with Gasteiger partial charge in [-0.25, -0.2) is 14.8 Å². The number of carbonyl (C=O) groups is 2. The van der Waals surface area contributed by atoms with Crippen molar-refractivity contribution in [2.24, 2.45) is 0 Å². The topological polar surface area (TPSA) is 108 Å². The second kappa shape index (κ2) is 11.8. The second-order valence-corrected chi connectivity index (χ2v) is 11.4. The number of amides is 3. The lowest BCUT2D eigenvalue weighted by Gasteiger charge is -2.42. The summed E-state index contributed by atoms with van der Waals surface area (Å²) in [4.78, 5) is 43.7. The van der Waals surface area contributed by atoms with Gasteiger partial charge < -0.3 is 20.4 Å². The first-order valence-corrected chi connectivity index (χ1v) is 14.6. The van der Waals surface area contributed by atoms with Crippen LogP contribution in [0, 0.1) is 0 Å². The standard InChI is InChI=1S/C29H35ClN8O2/c30-25-17-26(35-28(34-25)37-11-10-31-19-37)38-13-12-36(29(40)33-22-8-2-1-3-9-22)18-24(38)16-27(39)32-23-14-20-6-4-5-7-21(20)15-23/h4-7,10-11,17,19,22-24H,1-3,8-9,12-16,18H2,(H,32,39)(H,33,40). The van der Waals surface area contributed by atoms with E-state index in [1.165, 1.54) is 17.5 Å². The van der Waals surface area contributed by atoms with Gasteiger partial charge in [0.05, 0.1) is 6.04 Å².